The van der Waals surface area contributed by atoms with Crippen LogP contribution in [0.3, 0.4) is 0 Å². The molecule has 4 heteroatoms. The number of nitrogens with zero attached hydrogens (tertiary/aromatic N) is 1. The van der Waals surface area contributed by atoms with E-state index in [-0.39, 0.29) is 5.82 Å². The quantitative estimate of drug-likeness (QED) is 0.761. The number of aliphatic hydroxyl groups is 1. The standard InChI is InChI=1S/C19H19FN2O/c1-12-6-3-4-7-14(12)18(23)11-21-17-10-13(2)22-19-15(17)8-5-9-16(19)20/h3-10,18,23H,11H2,1-2H3,(H,21,22). The molecule has 0 amide bonds. The molecule has 1 unspecified atom stereocenters. The second-order valence-electron chi connectivity index (χ2n) is 5.70. The van der Waals surface area contributed by atoms with Gasteiger partial charge in [0.25, 0.3) is 0 Å². The van der Waals surface area contributed by atoms with Gasteiger partial charge in [0.05, 0.1) is 6.10 Å². The molecule has 0 saturated heterocycles. The molecule has 0 saturated carbocycles. The fourth-order valence-corrected chi connectivity index (χ4v) is 2.77. The molecule has 2 aromatic carbocycles. The Balaban J connectivity index is 1.88. The average Bonchev–Trinajstić information content (AvgIpc) is 2.53. The summed E-state index contributed by atoms with van der Waals surface area (Å²) in [6, 6.07) is 14.5. The minimum atomic E-state index is -0.631. The number of pyridine rings is 1. The first-order chi connectivity index (χ1) is 11.1. The highest BCUT2D eigenvalue weighted by Crippen LogP contribution is 2.26. The van der Waals surface area contributed by atoms with Gasteiger partial charge in [-0.2, -0.15) is 0 Å². The third kappa shape index (κ3) is 3.17. The number of fused-ring (bicyclic) bond motifs is 1. The molecule has 1 atom stereocenters. The summed E-state index contributed by atoms with van der Waals surface area (Å²) in [6.45, 7) is 4.15. The molecule has 0 aliphatic rings. The maximum absolute atomic E-state index is 13.9. The Morgan fingerprint density at radius 1 is 1.13 bits per heavy atom. The molecule has 0 fully saturated rings. The average molecular weight is 310 g/mol. The number of anilines is 1. The molecule has 3 rings (SSSR count). The van der Waals surface area contributed by atoms with Crippen molar-refractivity contribution in [3.8, 4) is 0 Å². The predicted molar refractivity (Wildman–Crippen MR) is 91.1 cm³/mol. The number of para-hydroxylation sites is 1. The highest BCUT2D eigenvalue weighted by atomic mass is 19.1. The van der Waals surface area contributed by atoms with Crippen LogP contribution in [0.1, 0.15) is 22.9 Å². The van der Waals surface area contributed by atoms with Crippen molar-refractivity contribution in [2.45, 2.75) is 20.0 Å². The summed E-state index contributed by atoms with van der Waals surface area (Å²) in [7, 11) is 0. The van der Waals surface area contributed by atoms with Gasteiger partial charge in [0.2, 0.25) is 0 Å². The Labute approximate surface area is 134 Å². The minimum Gasteiger partial charge on any atom is -0.387 e. The second kappa shape index (κ2) is 6.34. The van der Waals surface area contributed by atoms with E-state index in [0.29, 0.717) is 17.4 Å². The van der Waals surface area contributed by atoms with Crippen molar-refractivity contribution >= 4 is 16.6 Å². The molecule has 118 valence electrons. The number of halogens is 1. The van der Waals surface area contributed by atoms with Gasteiger partial charge in [-0.15, -0.1) is 0 Å². The molecule has 3 nitrogen and oxygen atoms in total. The molecule has 1 heterocycles. The fourth-order valence-electron chi connectivity index (χ4n) is 2.77. The topological polar surface area (TPSA) is 45.1 Å². The number of rotatable bonds is 4. The van der Waals surface area contributed by atoms with Crippen molar-refractivity contribution < 1.29 is 9.50 Å². The largest absolute Gasteiger partial charge is 0.387 e. The first-order valence-corrected chi connectivity index (χ1v) is 7.59. The highest BCUT2D eigenvalue weighted by Gasteiger charge is 2.12. The number of aromatic nitrogens is 1. The lowest BCUT2D eigenvalue weighted by Crippen LogP contribution is -2.13. The van der Waals surface area contributed by atoms with Crippen LogP contribution in [0.5, 0.6) is 0 Å². The maximum atomic E-state index is 13.9. The summed E-state index contributed by atoms with van der Waals surface area (Å²) >= 11 is 0. The van der Waals surface area contributed by atoms with Gasteiger partial charge in [0, 0.05) is 23.3 Å². The van der Waals surface area contributed by atoms with Gasteiger partial charge in [-0.1, -0.05) is 36.4 Å². The van der Waals surface area contributed by atoms with Crippen molar-refractivity contribution in [1.82, 2.24) is 4.98 Å². The van der Waals surface area contributed by atoms with Crippen molar-refractivity contribution in [3.63, 3.8) is 0 Å². The van der Waals surface area contributed by atoms with Crippen LogP contribution in [0.25, 0.3) is 10.9 Å². The van der Waals surface area contributed by atoms with E-state index in [4.69, 9.17) is 0 Å². The molecule has 0 aliphatic carbocycles. The summed E-state index contributed by atoms with van der Waals surface area (Å²) in [5, 5.41) is 14.3. The molecule has 3 aromatic rings. The smallest absolute Gasteiger partial charge is 0.149 e. The number of hydrogen-bond acceptors (Lipinski definition) is 3. The lowest BCUT2D eigenvalue weighted by atomic mass is 10.0. The first-order valence-electron chi connectivity index (χ1n) is 7.59. The zero-order valence-corrected chi connectivity index (χ0v) is 13.2. The lowest BCUT2D eigenvalue weighted by Gasteiger charge is -2.17. The van der Waals surface area contributed by atoms with Gasteiger partial charge in [-0.05, 0) is 37.1 Å². The van der Waals surface area contributed by atoms with Gasteiger partial charge in [0.15, 0.2) is 0 Å². The second-order valence-corrected chi connectivity index (χ2v) is 5.70. The first kappa shape index (κ1) is 15.4. The van der Waals surface area contributed by atoms with Crippen LogP contribution in [0, 0.1) is 19.7 Å². The minimum absolute atomic E-state index is 0.339. The van der Waals surface area contributed by atoms with Gasteiger partial charge in [-0.25, -0.2) is 9.37 Å². The van der Waals surface area contributed by atoms with Gasteiger partial charge >= 0.3 is 0 Å². The zero-order chi connectivity index (χ0) is 16.4. The van der Waals surface area contributed by atoms with Crippen LogP contribution in [0.15, 0.2) is 48.5 Å². The van der Waals surface area contributed by atoms with E-state index >= 15 is 0 Å². The molecule has 2 N–H and O–H groups in total. The number of nitrogens with one attached hydrogen (secondary N) is 1. The van der Waals surface area contributed by atoms with Crippen LogP contribution in [-0.2, 0) is 0 Å². The molecule has 0 aliphatic heterocycles. The van der Waals surface area contributed by atoms with Crippen molar-refractivity contribution in [2.24, 2.45) is 0 Å². The van der Waals surface area contributed by atoms with Gasteiger partial charge in [-0.3, -0.25) is 0 Å². The summed E-state index contributed by atoms with van der Waals surface area (Å²) in [6.07, 6.45) is -0.631. The van der Waals surface area contributed by atoms with Crippen LogP contribution >= 0.6 is 0 Å². The third-order valence-corrected chi connectivity index (χ3v) is 3.95. The summed E-state index contributed by atoms with van der Waals surface area (Å²) in [4.78, 5) is 4.26. The maximum Gasteiger partial charge on any atom is 0.149 e. The van der Waals surface area contributed by atoms with Gasteiger partial charge in [0.1, 0.15) is 11.3 Å². The Bertz CT molecular complexity index is 848. The summed E-state index contributed by atoms with van der Waals surface area (Å²) < 4.78 is 13.9. The summed E-state index contributed by atoms with van der Waals surface area (Å²) in [5.41, 5.74) is 3.79. The number of aliphatic hydroxyl groups excluding tert-OH is 1. The number of aryl methyl sites for hydroxylation is 2. The van der Waals surface area contributed by atoms with Crippen molar-refractivity contribution in [1.29, 1.82) is 0 Å². The van der Waals surface area contributed by atoms with E-state index in [1.807, 2.05) is 50.2 Å². The normalized spacial score (nSPS) is 12.3. The lowest BCUT2D eigenvalue weighted by molar-refractivity contribution is 0.191. The molecule has 1 aromatic heterocycles. The van der Waals surface area contributed by atoms with Crippen LogP contribution in [0.2, 0.25) is 0 Å². The molecule has 0 bridgehead atoms. The number of benzene rings is 2. The van der Waals surface area contributed by atoms with Gasteiger partial charge < -0.3 is 10.4 Å². The Morgan fingerprint density at radius 3 is 2.70 bits per heavy atom. The van der Waals surface area contributed by atoms with E-state index in [9.17, 15) is 9.50 Å². The predicted octanol–water partition coefficient (Wildman–Crippen LogP) is 4.14. The number of hydrogen-bond donors (Lipinski definition) is 2. The summed E-state index contributed by atoms with van der Waals surface area (Å²) in [5.74, 6) is -0.339. The molecular formula is C19H19FN2O. The van der Waals surface area contributed by atoms with Crippen molar-refractivity contribution in [3.05, 3.63) is 71.2 Å². The Hall–Kier alpha value is -2.46. The van der Waals surface area contributed by atoms with Crippen LogP contribution < -0.4 is 5.32 Å². The monoisotopic (exact) mass is 310 g/mol. The molecule has 23 heavy (non-hydrogen) atoms. The fraction of sp³-hybridized carbons (Fsp3) is 0.211. The zero-order valence-electron chi connectivity index (χ0n) is 13.2. The van der Waals surface area contributed by atoms with Crippen molar-refractivity contribution in [2.75, 3.05) is 11.9 Å². The van der Waals surface area contributed by atoms with E-state index < -0.39 is 6.10 Å². The third-order valence-electron chi connectivity index (χ3n) is 3.95. The molecule has 0 radical (unpaired) electrons. The highest BCUT2D eigenvalue weighted by molar-refractivity contribution is 5.91. The van der Waals surface area contributed by atoms with Crippen LogP contribution in [-0.4, -0.2) is 16.6 Å². The van der Waals surface area contributed by atoms with Crippen LogP contribution in [0.4, 0.5) is 10.1 Å². The SMILES string of the molecule is Cc1cc(NCC(O)c2ccccc2C)c2cccc(F)c2n1. The van der Waals surface area contributed by atoms with E-state index in [1.54, 1.807) is 6.07 Å². The molecular weight excluding hydrogens is 291 g/mol. The molecule has 0 spiro atoms. The van der Waals surface area contributed by atoms with E-state index in [1.165, 1.54) is 6.07 Å². The Kier molecular flexibility index (Phi) is 4.26. The van der Waals surface area contributed by atoms with E-state index in [2.05, 4.69) is 10.3 Å². The van der Waals surface area contributed by atoms with E-state index in [0.717, 1.165) is 22.5 Å². The Morgan fingerprint density at radius 2 is 1.91 bits per heavy atom.